The van der Waals surface area contributed by atoms with E-state index in [4.69, 9.17) is 0 Å². The van der Waals surface area contributed by atoms with Gasteiger partial charge in [0.2, 0.25) is 0 Å². The Bertz CT molecular complexity index is 911. The molecule has 1 unspecified atom stereocenters. The molecule has 1 heterocycles. The van der Waals surface area contributed by atoms with Crippen LogP contribution in [-0.4, -0.2) is 34.3 Å². The summed E-state index contributed by atoms with van der Waals surface area (Å²) in [6, 6.07) is 17.3. The van der Waals surface area contributed by atoms with E-state index in [1.54, 1.807) is 0 Å². The van der Waals surface area contributed by atoms with Crippen molar-refractivity contribution in [2.75, 3.05) is 6.54 Å². The second kappa shape index (κ2) is 10.4. The van der Waals surface area contributed by atoms with E-state index in [0.717, 1.165) is 17.6 Å². The Balaban J connectivity index is 1.94. The number of hydrogen-bond acceptors (Lipinski definition) is 3. The molecule has 0 bridgehead atoms. The van der Waals surface area contributed by atoms with Gasteiger partial charge in [-0.25, -0.2) is 4.68 Å². The first-order valence-corrected chi connectivity index (χ1v) is 15.0. The van der Waals surface area contributed by atoms with Gasteiger partial charge in [-0.1, -0.05) is 106 Å². The second-order valence-electron chi connectivity index (χ2n) is 9.44. The van der Waals surface area contributed by atoms with E-state index in [1.165, 1.54) is 49.7 Å². The molecule has 0 aliphatic carbocycles. The van der Waals surface area contributed by atoms with Gasteiger partial charge >= 0.3 is 0 Å². The fourth-order valence-corrected chi connectivity index (χ4v) is 5.97. The summed E-state index contributed by atoms with van der Waals surface area (Å²) in [5.41, 5.74) is 4.65. The SMILES string of the molecule is CCCCCCCCN(C(c1ccc(C)cc1)n1nnc2ccccc21)[Si](C)(C)C. The highest BCUT2D eigenvalue weighted by molar-refractivity contribution is 6.73. The first-order chi connectivity index (χ1) is 14.4. The zero-order valence-electron chi connectivity index (χ0n) is 19.4. The van der Waals surface area contributed by atoms with Gasteiger partial charge < -0.3 is 0 Å². The summed E-state index contributed by atoms with van der Waals surface area (Å²) in [7, 11) is -1.62. The van der Waals surface area contributed by atoms with Crippen LogP contribution in [0.25, 0.3) is 11.0 Å². The fraction of sp³-hybridized carbons (Fsp3) is 0.520. The number of aromatic nitrogens is 3. The highest BCUT2D eigenvalue weighted by Crippen LogP contribution is 2.31. The van der Waals surface area contributed by atoms with Gasteiger partial charge in [0.05, 0.1) is 5.52 Å². The molecule has 0 spiro atoms. The number of aryl methyl sites for hydroxylation is 1. The molecular weight excluding hydrogens is 384 g/mol. The smallest absolute Gasteiger partial charge is 0.126 e. The van der Waals surface area contributed by atoms with E-state index in [1.807, 2.05) is 6.07 Å². The van der Waals surface area contributed by atoms with Gasteiger partial charge in [-0.3, -0.25) is 4.57 Å². The van der Waals surface area contributed by atoms with Crippen LogP contribution in [0.15, 0.2) is 48.5 Å². The van der Waals surface area contributed by atoms with Gasteiger partial charge in [-0.15, -0.1) is 5.10 Å². The van der Waals surface area contributed by atoms with E-state index in [9.17, 15) is 0 Å². The molecule has 2 aromatic carbocycles. The van der Waals surface area contributed by atoms with Crippen molar-refractivity contribution in [3.8, 4) is 0 Å². The number of benzene rings is 2. The Kier molecular flexibility index (Phi) is 7.84. The predicted octanol–water partition coefficient (Wildman–Crippen LogP) is 6.78. The molecule has 0 radical (unpaired) electrons. The third-order valence-corrected chi connectivity index (χ3v) is 8.09. The van der Waals surface area contributed by atoms with Gasteiger partial charge in [-0.2, -0.15) is 0 Å². The molecule has 0 aliphatic heterocycles. The average molecular weight is 423 g/mol. The highest BCUT2D eigenvalue weighted by Gasteiger charge is 2.33. The molecule has 0 amide bonds. The maximum absolute atomic E-state index is 4.64. The molecule has 3 aromatic rings. The molecular formula is C25H38N4Si. The van der Waals surface area contributed by atoms with Crippen molar-refractivity contribution >= 4 is 19.3 Å². The van der Waals surface area contributed by atoms with Gasteiger partial charge in [-0.05, 0) is 37.6 Å². The van der Waals surface area contributed by atoms with E-state index >= 15 is 0 Å². The minimum atomic E-state index is -1.62. The lowest BCUT2D eigenvalue weighted by Crippen LogP contribution is -2.50. The Hall–Kier alpha value is -1.98. The lowest BCUT2D eigenvalue weighted by molar-refractivity contribution is 0.259. The molecule has 0 aliphatic rings. The maximum Gasteiger partial charge on any atom is 0.126 e. The molecule has 4 nitrogen and oxygen atoms in total. The third kappa shape index (κ3) is 5.58. The number of para-hydroxylation sites is 1. The van der Waals surface area contributed by atoms with E-state index in [-0.39, 0.29) is 6.17 Å². The van der Waals surface area contributed by atoms with Crippen LogP contribution >= 0.6 is 0 Å². The molecule has 0 saturated carbocycles. The van der Waals surface area contributed by atoms with Crippen molar-refractivity contribution in [3.63, 3.8) is 0 Å². The van der Waals surface area contributed by atoms with Gasteiger partial charge in [0.15, 0.2) is 0 Å². The normalized spacial score (nSPS) is 13.3. The van der Waals surface area contributed by atoms with Crippen molar-refractivity contribution < 1.29 is 0 Å². The van der Waals surface area contributed by atoms with Gasteiger partial charge in [0.25, 0.3) is 0 Å². The van der Waals surface area contributed by atoms with E-state index < -0.39 is 8.24 Å². The van der Waals surface area contributed by atoms with Crippen LogP contribution in [0, 0.1) is 6.92 Å². The van der Waals surface area contributed by atoms with Crippen molar-refractivity contribution in [3.05, 3.63) is 59.7 Å². The van der Waals surface area contributed by atoms with Crippen LogP contribution in [0.3, 0.4) is 0 Å². The maximum atomic E-state index is 4.64. The number of rotatable bonds is 11. The lowest BCUT2D eigenvalue weighted by Gasteiger charge is -2.41. The number of unbranched alkanes of at least 4 members (excludes halogenated alkanes) is 5. The van der Waals surface area contributed by atoms with Crippen LogP contribution in [-0.2, 0) is 0 Å². The standard InChI is InChI=1S/C25H38N4Si/c1-6-7-8-9-10-13-20-28(30(3,4)5)25(22-18-16-21(2)17-19-22)29-24-15-12-11-14-23(24)26-27-29/h11-12,14-19,25H,6-10,13,20H2,1-5H3. The molecule has 30 heavy (non-hydrogen) atoms. The summed E-state index contributed by atoms with van der Waals surface area (Å²) in [6.07, 6.45) is 7.99. The predicted molar refractivity (Wildman–Crippen MR) is 130 cm³/mol. The molecule has 0 fully saturated rings. The summed E-state index contributed by atoms with van der Waals surface area (Å²) in [4.78, 5) is 0. The monoisotopic (exact) mass is 422 g/mol. The van der Waals surface area contributed by atoms with E-state index in [2.05, 4.69) is 95.5 Å². The van der Waals surface area contributed by atoms with Crippen molar-refractivity contribution in [2.45, 2.75) is 78.2 Å². The van der Waals surface area contributed by atoms with Crippen LogP contribution in [0.5, 0.6) is 0 Å². The van der Waals surface area contributed by atoms with E-state index in [0.29, 0.717) is 0 Å². The molecule has 3 rings (SSSR count). The quantitative estimate of drug-likeness (QED) is 0.252. The first kappa shape index (κ1) is 22.7. The van der Waals surface area contributed by atoms with Crippen LogP contribution in [0.2, 0.25) is 19.6 Å². The summed E-state index contributed by atoms with van der Waals surface area (Å²) >= 11 is 0. The van der Waals surface area contributed by atoms with Crippen molar-refractivity contribution in [1.82, 2.24) is 19.6 Å². The lowest BCUT2D eigenvalue weighted by atomic mass is 10.1. The Morgan fingerprint density at radius 3 is 2.27 bits per heavy atom. The molecule has 5 heteroatoms. The summed E-state index contributed by atoms with van der Waals surface area (Å²) in [6.45, 7) is 12.9. The molecule has 0 N–H and O–H groups in total. The zero-order chi connectivity index (χ0) is 21.6. The molecule has 0 saturated heterocycles. The number of hydrogen-bond donors (Lipinski definition) is 0. The van der Waals surface area contributed by atoms with Crippen LogP contribution in [0.4, 0.5) is 0 Å². The fourth-order valence-electron chi connectivity index (χ4n) is 4.15. The summed E-state index contributed by atoms with van der Waals surface area (Å²) in [5, 5.41) is 9.12. The average Bonchev–Trinajstić information content (AvgIpc) is 3.14. The van der Waals surface area contributed by atoms with Crippen molar-refractivity contribution in [1.29, 1.82) is 0 Å². The summed E-state index contributed by atoms with van der Waals surface area (Å²) < 4.78 is 4.88. The van der Waals surface area contributed by atoms with Gasteiger partial charge in [0, 0.05) is 0 Å². The van der Waals surface area contributed by atoms with Crippen LogP contribution < -0.4 is 0 Å². The minimum absolute atomic E-state index is 0.0836. The Morgan fingerprint density at radius 2 is 1.57 bits per heavy atom. The second-order valence-corrected chi connectivity index (χ2v) is 14.4. The topological polar surface area (TPSA) is 34.0 Å². The Morgan fingerprint density at radius 1 is 0.900 bits per heavy atom. The minimum Gasteiger partial charge on any atom is -0.300 e. The molecule has 162 valence electrons. The van der Waals surface area contributed by atoms with Crippen LogP contribution in [0.1, 0.15) is 62.7 Å². The number of fused-ring (bicyclic) bond motifs is 1. The first-order valence-electron chi connectivity index (χ1n) is 11.5. The zero-order valence-corrected chi connectivity index (χ0v) is 20.4. The third-order valence-electron chi connectivity index (χ3n) is 5.89. The summed E-state index contributed by atoms with van der Waals surface area (Å²) in [5.74, 6) is 0. The number of nitrogens with zero attached hydrogens (tertiary/aromatic N) is 4. The molecule has 1 atom stereocenters. The van der Waals surface area contributed by atoms with Gasteiger partial charge in [0.1, 0.15) is 19.9 Å². The Labute approximate surface area is 183 Å². The van der Waals surface area contributed by atoms with Crippen molar-refractivity contribution in [2.24, 2.45) is 0 Å². The molecule has 1 aromatic heterocycles. The highest BCUT2D eigenvalue weighted by atomic mass is 28.3. The largest absolute Gasteiger partial charge is 0.300 e.